The molecule has 6 aliphatic rings. The van der Waals surface area contributed by atoms with Crippen LogP contribution >= 0.6 is 0 Å². The van der Waals surface area contributed by atoms with Crippen molar-refractivity contribution in [3.8, 4) is 33.4 Å². The third-order valence-corrected chi connectivity index (χ3v) is 28.5. The lowest BCUT2D eigenvalue weighted by Gasteiger charge is -2.43. The summed E-state index contributed by atoms with van der Waals surface area (Å²) in [5, 5.41) is 9.18. The molecule has 2 saturated heterocycles. The highest BCUT2D eigenvalue weighted by Gasteiger charge is 2.49. The molecule has 4 heterocycles. The van der Waals surface area contributed by atoms with E-state index in [2.05, 4.69) is 218 Å². The van der Waals surface area contributed by atoms with Crippen molar-refractivity contribution in [2.45, 2.75) is 69.1 Å². The molecule has 9 aromatic carbocycles. The summed E-state index contributed by atoms with van der Waals surface area (Å²) in [4.78, 5) is 5.16. The normalized spacial score (nSPS) is 17.8. The van der Waals surface area contributed by atoms with Crippen molar-refractivity contribution in [2.75, 3.05) is 9.80 Å². The fourth-order valence-electron chi connectivity index (χ4n) is 14.8. The SMILES string of the molecule is CC1(C)c2cc(C=Cc3ccc4c5c(cccc35)-c3cc(N5c6ccccc6[Si]6(CCCC6)c6ccccc65)ccc3-4)ccc2-c2ccc(N3c4ccccc4[Si]4(CCCC4)c4ccccc43)cc21. The number of hydrogen-bond acceptors (Lipinski definition) is 2. The van der Waals surface area contributed by atoms with Crippen LogP contribution < -0.4 is 30.5 Å². The van der Waals surface area contributed by atoms with Gasteiger partial charge in [-0.1, -0.05) is 185 Å². The van der Waals surface area contributed by atoms with Crippen LogP contribution in [0.5, 0.6) is 0 Å². The minimum Gasteiger partial charge on any atom is -0.311 e. The van der Waals surface area contributed by atoms with Gasteiger partial charge in [-0.25, -0.2) is 0 Å². The van der Waals surface area contributed by atoms with Crippen LogP contribution in [0, 0.1) is 0 Å². The second-order valence-corrected chi connectivity index (χ2v) is 30.0. The number of para-hydroxylation sites is 4. The molecular formula is C65H54N2Si2. The molecule has 0 radical (unpaired) electrons. The van der Waals surface area contributed by atoms with Crippen LogP contribution in [0.1, 0.15) is 61.8 Å². The van der Waals surface area contributed by atoms with E-state index >= 15 is 0 Å². The molecule has 2 nitrogen and oxygen atoms in total. The van der Waals surface area contributed by atoms with E-state index in [0.29, 0.717) is 0 Å². The number of benzene rings is 9. The van der Waals surface area contributed by atoms with Crippen LogP contribution in [-0.2, 0) is 5.41 Å². The Kier molecular flexibility index (Phi) is 8.41. The first kappa shape index (κ1) is 40.0. The Morgan fingerprint density at radius 3 is 1.42 bits per heavy atom. The summed E-state index contributed by atoms with van der Waals surface area (Å²) in [5.41, 5.74) is 21.3. The van der Waals surface area contributed by atoms with Crippen molar-refractivity contribution >= 4 is 93.9 Å². The van der Waals surface area contributed by atoms with Gasteiger partial charge < -0.3 is 9.80 Å². The van der Waals surface area contributed by atoms with Crippen LogP contribution in [0.15, 0.2) is 182 Å². The van der Waals surface area contributed by atoms with Gasteiger partial charge in [-0.15, -0.1) is 0 Å². The molecule has 4 aliphatic heterocycles. The van der Waals surface area contributed by atoms with Gasteiger partial charge in [-0.2, -0.15) is 0 Å². The van der Waals surface area contributed by atoms with Gasteiger partial charge >= 0.3 is 0 Å². The van der Waals surface area contributed by atoms with Crippen molar-refractivity contribution in [1.29, 1.82) is 0 Å². The average molecular weight is 919 g/mol. The molecule has 69 heavy (non-hydrogen) atoms. The first-order chi connectivity index (χ1) is 33.9. The maximum absolute atomic E-state index is 2.59. The fraction of sp³-hybridized carbons (Fsp3) is 0.169. The highest BCUT2D eigenvalue weighted by molar-refractivity contribution is 7.05. The average Bonchev–Trinajstić information content (AvgIpc) is 4.20. The van der Waals surface area contributed by atoms with Crippen molar-refractivity contribution in [3.05, 3.63) is 204 Å². The van der Waals surface area contributed by atoms with E-state index in [1.165, 1.54) is 150 Å². The summed E-state index contributed by atoms with van der Waals surface area (Å²) < 4.78 is 0. The van der Waals surface area contributed by atoms with E-state index < -0.39 is 16.1 Å². The van der Waals surface area contributed by atoms with Gasteiger partial charge in [0, 0.05) is 39.5 Å². The minimum absolute atomic E-state index is 0.147. The molecule has 2 aliphatic carbocycles. The Bertz CT molecular complexity index is 3600. The van der Waals surface area contributed by atoms with Gasteiger partial charge in [0.1, 0.15) is 16.1 Å². The molecule has 2 spiro atoms. The van der Waals surface area contributed by atoms with E-state index in [4.69, 9.17) is 0 Å². The van der Waals surface area contributed by atoms with Crippen molar-refractivity contribution in [3.63, 3.8) is 0 Å². The molecule has 0 amide bonds. The third kappa shape index (κ3) is 5.42. The molecule has 332 valence electrons. The standard InChI is InChI=1S/C65H54N2Si2/c1-65(2)54-40-43(27-32-49(54)50-35-31-46(42-55(50)65)67-58-20-5-9-24-62(58)69(38-13-14-39-69)63-25-10-6-21-59(63)67)26-28-44-29-33-52-48-34-30-45(41-53(48)51-17-15-16-47(44)64(51)52)66-56-18-3-7-22-60(56)68(36-11-12-37-68)61-23-8-4-19-57(61)66/h3-10,15-35,40-42H,11-14,36-39H2,1-2H3. The van der Waals surface area contributed by atoms with Crippen LogP contribution in [0.4, 0.5) is 34.1 Å². The largest absolute Gasteiger partial charge is 0.311 e. The third-order valence-electron chi connectivity index (χ3n) is 17.9. The van der Waals surface area contributed by atoms with Crippen LogP contribution in [-0.4, -0.2) is 16.1 Å². The molecule has 0 saturated carbocycles. The fourth-order valence-corrected chi connectivity index (χ4v) is 25.8. The monoisotopic (exact) mass is 918 g/mol. The molecule has 0 unspecified atom stereocenters. The maximum Gasteiger partial charge on any atom is 0.123 e. The number of nitrogens with zero attached hydrogens (tertiary/aromatic N) is 2. The van der Waals surface area contributed by atoms with Gasteiger partial charge in [0.15, 0.2) is 0 Å². The lowest BCUT2D eigenvalue weighted by atomic mass is 9.81. The summed E-state index contributed by atoms with van der Waals surface area (Å²) in [6.07, 6.45) is 10.1. The minimum atomic E-state index is -1.79. The van der Waals surface area contributed by atoms with Gasteiger partial charge in [0.2, 0.25) is 0 Å². The molecule has 0 atom stereocenters. The number of rotatable bonds is 4. The number of hydrogen-bond donors (Lipinski definition) is 0. The lowest BCUT2D eigenvalue weighted by molar-refractivity contribution is 0.660. The van der Waals surface area contributed by atoms with Crippen LogP contribution in [0.3, 0.4) is 0 Å². The molecule has 9 aromatic rings. The quantitative estimate of drug-likeness (QED) is 0.128. The Balaban J connectivity index is 0.763. The predicted octanol–water partition coefficient (Wildman–Crippen LogP) is 15.2. The Morgan fingerprint density at radius 1 is 0.391 bits per heavy atom. The molecular weight excluding hydrogens is 865 g/mol. The Labute approximate surface area is 408 Å². The lowest BCUT2D eigenvalue weighted by Crippen LogP contribution is -2.60. The molecule has 15 rings (SSSR count). The van der Waals surface area contributed by atoms with E-state index in [9.17, 15) is 0 Å². The molecule has 0 aromatic heterocycles. The van der Waals surface area contributed by atoms with E-state index in [1.807, 2.05) is 0 Å². The summed E-state index contributed by atoms with van der Waals surface area (Å²) in [7, 11) is -3.58. The van der Waals surface area contributed by atoms with Gasteiger partial charge in [-0.05, 0) is 160 Å². The summed E-state index contributed by atoms with van der Waals surface area (Å²) in [5.74, 6) is 0. The van der Waals surface area contributed by atoms with E-state index in [0.717, 1.165) is 0 Å². The van der Waals surface area contributed by atoms with Crippen LogP contribution in [0.25, 0.3) is 56.3 Å². The number of fused-ring (bicyclic) bond motifs is 14. The second kappa shape index (κ2) is 14.5. The van der Waals surface area contributed by atoms with Gasteiger partial charge in [0.05, 0.1) is 0 Å². The Morgan fingerprint density at radius 2 is 0.855 bits per heavy atom. The van der Waals surface area contributed by atoms with Crippen LogP contribution in [0.2, 0.25) is 24.2 Å². The van der Waals surface area contributed by atoms with Crippen molar-refractivity contribution < 1.29 is 0 Å². The maximum atomic E-state index is 2.59. The smallest absolute Gasteiger partial charge is 0.123 e. The molecule has 2 fully saturated rings. The zero-order chi connectivity index (χ0) is 45.6. The first-order valence-electron chi connectivity index (χ1n) is 25.6. The Hall–Kier alpha value is -6.99. The first-order valence-corrected chi connectivity index (χ1v) is 30.4. The highest BCUT2D eigenvalue weighted by atomic mass is 28.3. The van der Waals surface area contributed by atoms with Crippen molar-refractivity contribution in [1.82, 2.24) is 0 Å². The molecule has 0 N–H and O–H groups in total. The predicted molar refractivity (Wildman–Crippen MR) is 298 cm³/mol. The topological polar surface area (TPSA) is 6.48 Å². The van der Waals surface area contributed by atoms with E-state index in [1.54, 1.807) is 20.7 Å². The zero-order valence-electron chi connectivity index (χ0n) is 39.5. The van der Waals surface area contributed by atoms with Crippen molar-refractivity contribution in [2.24, 2.45) is 0 Å². The highest BCUT2D eigenvalue weighted by Crippen LogP contribution is 2.54. The summed E-state index contributed by atoms with van der Waals surface area (Å²) >= 11 is 0. The zero-order valence-corrected chi connectivity index (χ0v) is 41.5. The van der Waals surface area contributed by atoms with Gasteiger partial charge in [0.25, 0.3) is 0 Å². The summed E-state index contributed by atoms with van der Waals surface area (Å²) in [6.45, 7) is 4.85. The van der Waals surface area contributed by atoms with E-state index in [-0.39, 0.29) is 5.41 Å². The van der Waals surface area contributed by atoms with Gasteiger partial charge in [-0.3, -0.25) is 0 Å². The number of anilines is 6. The molecule has 0 bridgehead atoms. The molecule has 4 heteroatoms. The second-order valence-electron chi connectivity index (χ2n) is 21.5. The summed E-state index contributed by atoms with van der Waals surface area (Å²) in [6, 6.07) is 76.3.